The van der Waals surface area contributed by atoms with Crippen molar-refractivity contribution >= 4 is 11.9 Å². The van der Waals surface area contributed by atoms with E-state index in [1.807, 2.05) is 26.0 Å². The molecule has 0 aliphatic carbocycles. The third-order valence-corrected chi connectivity index (χ3v) is 3.80. The average molecular weight is 310 g/mol. The Morgan fingerprint density at radius 1 is 1.55 bits per heavy atom. The number of nitrogens with one attached hydrogen (secondary N) is 2. The number of ether oxygens (including phenoxy) is 1. The number of carbonyl (C=O) groups is 2. The molecule has 6 nitrogen and oxygen atoms in total. The molecule has 1 heterocycles. The standard InChI is InChI=1S/C16H26N2O4/c1-5-8-11-9-12(16(20)21)18-14(11)15(17-10(4)19)13(6-2)22-7-3/h5-6,8,11-15,18H,2,7,9H2,1,3-4H3,(H,17,19)(H,20,21)/b8-5-/t11-,12-,13+,14-,15+/m1/s1. The summed E-state index contributed by atoms with van der Waals surface area (Å²) >= 11 is 0. The van der Waals surface area contributed by atoms with Gasteiger partial charge >= 0.3 is 5.97 Å². The van der Waals surface area contributed by atoms with Crippen molar-refractivity contribution in [2.45, 2.75) is 51.4 Å². The number of allylic oxidation sites excluding steroid dienone is 1. The van der Waals surface area contributed by atoms with Crippen LogP contribution in [0, 0.1) is 5.92 Å². The predicted molar refractivity (Wildman–Crippen MR) is 84.5 cm³/mol. The van der Waals surface area contributed by atoms with E-state index < -0.39 is 12.0 Å². The van der Waals surface area contributed by atoms with Crippen LogP contribution in [0.25, 0.3) is 0 Å². The first-order valence-corrected chi connectivity index (χ1v) is 7.57. The topological polar surface area (TPSA) is 87.7 Å². The normalized spacial score (nSPS) is 27.5. The van der Waals surface area contributed by atoms with E-state index >= 15 is 0 Å². The predicted octanol–water partition coefficient (Wildman–Crippen LogP) is 1.09. The minimum absolute atomic E-state index is 0.00542. The van der Waals surface area contributed by atoms with Gasteiger partial charge in [-0.15, -0.1) is 6.58 Å². The van der Waals surface area contributed by atoms with Gasteiger partial charge in [-0.3, -0.25) is 14.9 Å². The van der Waals surface area contributed by atoms with Gasteiger partial charge in [0, 0.05) is 19.6 Å². The molecule has 0 aromatic carbocycles. The molecule has 1 amide bonds. The Morgan fingerprint density at radius 3 is 2.68 bits per heavy atom. The van der Waals surface area contributed by atoms with Crippen molar-refractivity contribution in [3.8, 4) is 0 Å². The first-order chi connectivity index (χ1) is 10.4. The van der Waals surface area contributed by atoms with Crippen LogP contribution in [0.15, 0.2) is 24.8 Å². The van der Waals surface area contributed by atoms with Gasteiger partial charge in [-0.1, -0.05) is 18.2 Å². The van der Waals surface area contributed by atoms with Gasteiger partial charge in [0.25, 0.3) is 0 Å². The summed E-state index contributed by atoms with van der Waals surface area (Å²) in [6.45, 7) is 9.45. The van der Waals surface area contributed by atoms with Crippen LogP contribution in [-0.4, -0.2) is 47.8 Å². The fraction of sp³-hybridized carbons (Fsp3) is 0.625. The smallest absolute Gasteiger partial charge is 0.320 e. The molecule has 0 saturated carbocycles. The van der Waals surface area contributed by atoms with Gasteiger partial charge in [0.15, 0.2) is 0 Å². The zero-order valence-corrected chi connectivity index (χ0v) is 13.4. The summed E-state index contributed by atoms with van der Waals surface area (Å²) in [5.74, 6) is -1.06. The Kier molecular flexibility index (Phi) is 7.27. The van der Waals surface area contributed by atoms with E-state index in [1.54, 1.807) is 6.08 Å². The Hall–Kier alpha value is -1.66. The maximum absolute atomic E-state index is 11.6. The Morgan fingerprint density at radius 2 is 2.23 bits per heavy atom. The fourth-order valence-corrected chi connectivity index (χ4v) is 2.95. The largest absolute Gasteiger partial charge is 0.480 e. The number of amides is 1. The van der Waals surface area contributed by atoms with Gasteiger partial charge in [-0.25, -0.2) is 0 Å². The molecule has 3 N–H and O–H groups in total. The molecular formula is C16H26N2O4. The van der Waals surface area contributed by atoms with Crippen LogP contribution in [0.2, 0.25) is 0 Å². The molecule has 5 atom stereocenters. The zero-order valence-electron chi connectivity index (χ0n) is 13.4. The highest BCUT2D eigenvalue weighted by molar-refractivity contribution is 5.75. The second-order valence-corrected chi connectivity index (χ2v) is 5.39. The lowest BCUT2D eigenvalue weighted by atomic mass is 9.90. The van der Waals surface area contributed by atoms with Gasteiger partial charge in [0.05, 0.1) is 12.1 Å². The van der Waals surface area contributed by atoms with Crippen molar-refractivity contribution in [3.05, 3.63) is 24.8 Å². The quantitative estimate of drug-likeness (QED) is 0.584. The molecule has 1 saturated heterocycles. The second-order valence-electron chi connectivity index (χ2n) is 5.39. The van der Waals surface area contributed by atoms with Crippen LogP contribution < -0.4 is 10.6 Å². The Balaban J connectivity index is 3.05. The number of rotatable bonds is 8. The van der Waals surface area contributed by atoms with Gasteiger partial charge in [-0.05, 0) is 26.2 Å². The van der Waals surface area contributed by atoms with Crippen LogP contribution in [0.4, 0.5) is 0 Å². The van der Waals surface area contributed by atoms with Crippen LogP contribution in [0.3, 0.4) is 0 Å². The highest BCUT2D eigenvalue weighted by Crippen LogP contribution is 2.27. The summed E-state index contributed by atoms with van der Waals surface area (Å²) in [5, 5.41) is 15.2. The molecule has 0 bridgehead atoms. The molecule has 1 aliphatic rings. The van der Waals surface area contributed by atoms with Gasteiger partial charge in [-0.2, -0.15) is 0 Å². The molecule has 1 fully saturated rings. The third kappa shape index (κ3) is 4.68. The van der Waals surface area contributed by atoms with Crippen LogP contribution >= 0.6 is 0 Å². The molecule has 0 aromatic heterocycles. The van der Waals surface area contributed by atoms with Crippen molar-refractivity contribution < 1.29 is 19.4 Å². The first kappa shape index (κ1) is 18.4. The minimum Gasteiger partial charge on any atom is -0.480 e. The van der Waals surface area contributed by atoms with Crippen molar-refractivity contribution in [1.29, 1.82) is 0 Å². The molecule has 0 unspecified atom stereocenters. The summed E-state index contributed by atoms with van der Waals surface area (Å²) in [4.78, 5) is 22.8. The van der Waals surface area contributed by atoms with Crippen molar-refractivity contribution in [2.24, 2.45) is 5.92 Å². The third-order valence-electron chi connectivity index (χ3n) is 3.80. The monoisotopic (exact) mass is 310 g/mol. The van der Waals surface area contributed by atoms with Gasteiger partial charge in [0.2, 0.25) is 5.91 Å². The molecule has 6 heteroatoms. The SMILES string of the molecule is C=C[C@H](OCC)[C@H](NC(C)=O)[C@@H]1N[C@@H](C(=O)O)C[C@H]1/C=C\C. The molecule has 0 radical (unpaired) electrons. The summed E-state index contributed by atoms with van der Waals surface area (Å²) in [6, 6.07) is -1.23. The fourth-order valence-electron chi connectivity index (χ4n) is 2.95. The van der Waals surface area contributed by atoms with E-state index in [9.17, 15) is 14.7 Å². The highest BCUT2D eigenvalue weighted by atomic mass is 16.5. The van der Waals surface area contributed by atoms with Gasteiger partial charge in [0.1, 0.15) is 6.04 Å². The summed E-state index contributed by atoms with van der Waals surface area (Å²) in [7, 11) is 0. The van der Waals surface area contributed by atoms with Crippen LogP contribution in [0.1, 0.15) is 27.2 Å². The van der Waals surface area contributed by atoms with E-state index in [-0.39, 0.29) is 30.0 Å². The van der Waals surface area contributed by atoms with Crippen molar-refractivity contribution in [1.82, 2.24) is 10.6 Å². The lowest BCUT2D eigenvalue weighted by Crippen LogP contribution is -2.56. The lowest BCUT2D eigenvalue weighted by molar-refractivity contribution is -0.139. The van der Waals surface area contributed by atoms with E-state index in [2.05, 4.69) is 17.2 Å². The number of carbonyl (C=O) groups excluding carboxylic acids is 1. The molecule has 1 aliphatic heterocycles. The highest BCUT2D eigenvalue weighted by Gasteiger charge is 2.42. The molecule has 0 aromatic rings. The van der Waals surface area contributed by atoms with Crippen molar-refractivity contribution in [3.63, 3.8) is 0 Å². The Labute approximate surface area is 131 Å². The minimum atomic E-state index is -0.884. The zero-order chi connectivity index (χ0) is 16.7. The van der Waals surface area contributed by atoms with E-state index in [0.29, 0.717) is 13.0 Å². The number of carboxylic acids is 1. The summed E-state index contributed by atoms with van der Waals surface area (Å²) in [5.41, 5.74) is 0. The molecular weight excluding hydrogens is 284 g/mol. The van der Waals surface area contributed by atoms with E-state index in [0.717, 1.165) is 0 Å². The lowest BCUT2D eigenvalue weighted by Gasteiger charge is -2.33. The molecule has 22 heavy (non-hydrogen) atoms. The van der Waals surface area contributed by atoms with Crippen molar-refractivity contribution in [2.75, 3.05) is 6.61 Å². The first-order valence-electron chi connectivity index (χ1n) is 7.57. The Bertz CT molecular complexity index is 436. The number of hydrogen-bond donors (Lipinski definition) is 3. The van der Waals surface area contributed by atoms with Crippen LogP contribution in [-0.2, 0) is 14.3 Å². The number of hydrogen-bond acceptors (Lipinski definition) is 4. The maximum atomic E-state index is 11.6. The number of aliphatic carboxylic acids is 1. The number of carboxylic acid groups (broad SMARTS) is 1. The summed E-state index contributed by atoms with van der Waals surface area (Å²) in [6.07, 6.45) is 5.62. The van der Waals surface area contributed by atoms with E-state index in [4.69, 9.17) is 4.74 Å². The molecule has 1 rings (SSSR count). The summed E-state index contributed by atoms with van der Waals surface area (Å²) < 4.78 is 5.64. The van der Waals surface area contributed by atoms with Crippen LogP contribution in [0.5, 0.6) is 0 Å². The van der Waals surface area contributed by atoms with Gasteiger partial charge < -0.3 is 15.2 Å². The average Bonchev–Trinajstić information content (AvgIpc) is 2.87. The maximum Gasteiger partial charge on any atom is 0.320 e. The second kappa shape index (κ2) is 8.70. The molecule has 124 valence electrons. The van der Waals surface area contributed by atoms with E-state index in [1.165, 1.54) is 6.92 Å². The molecule has 0 spiro atoms.